The Labute approximate surface area is 105 Å². The zero-order valence-electron chi connectivity index (χ0n) is 9.86. The van der Waals surface area contributed by atoms with Crippen molar-refractivity contribution in [2.75, 3.05) is 18.0 Å². The molecule has 0 fully saturated rings. The molecule has 5 heteroatoms. The molecule has 1 aliphatic heterocycles. The number of nitrogens with one attached hydrogen (secondary N) is 1. The fourth-order valence-electron chi connectivity index (χ4n) is 2.00. The summed E-state index contributed by atoms with van der Waals surface area (Å²) in [6, 6.07) is 1.93. The first-order chi connectivity index (χ1) is 8.22. The van der Waals surface area contributed by atoms with Crippen molar-refractivity contribution in [1.82, 2.24) is 5.32 Å². The van der Waals surface area contributed by atoms with Crippen molar-refractivity contribution >= 4 is 28.8 Å². The maximum absolute atomic E-state index is 12.0. The van der Waals surface area contributed by atoms with Gasteiger partial charge >= 0.3 is 0 Å². The molecule has 2 amide bonds. The van der Waals surface area contributed by atoms with Gasteiger partial charge in [0.05, 0.1) is 5.69 Å². The summed E-state index contributed by atoms with van der Waals surface area (Å²) in [5, 5.41) is 4.71. The van der Waals surface area contributed by atoms with Gasteiger partial charge in [-0.15, -0.1) is 11.3 Å². The molecule has 2 heterocycles. The highest BCUT2D eigenvalue weighted by Gasteiger charge is 2.24. The van der Waals surface area contributed by atoms with Crippen LogP contribution in [0.15, 0.2) is 11.4 Å². The molecule has 0 atom stereocenters. The van der Waals surface area contributed by atoms with Gasteiger partial charge in [0, 0.05) is 17.8 Å². The first kappa shape index (κ1) is 12.1. The Bertz CT molecular complexity index is 428. The van der Waals surface area contributed by atoms with Gasteiger partial charge in [0.25, 0.3) is 0 Å². The molecule has 2 rings (SSSR count). The fourth-order valence-corrected chi connectivity index (χ4v) is 2.92. The number of thiophene rings is 1. The van der Waals surface area contributed by atoms with Crippen molar-refractivity contribution in [3.8, 4) is 0 Å². The molecular formula is C12H16N2O2S. The first-order valence-corrected chi connectivity index (χ1v) is 6.73. The van der Waals surface area contributed by atoms with Gasteiger partial charge < -0.3 is 10.2 Å². The smallest absolute Gasteiger partial charge is 0.240 e. The molecule has 0 spiro atoms. The van der Waals surface area contributed by atoms with E-state index in [-0.39, 0.29) is 18.4 Å². The lowest BCUT2D eigenvalue weighted by molar-refractivity contribution is -0.123. The summed E-state index contributed by atoms with van der Waals surface area (Å²) in [7, 11) is 0. The van der Waals surface area contributed by atoms with E-state index >= 15 is 0 Å². The molecule has 0 saturated heterocycles. The van der Waals surface area contributed by atoms with E-state index in [1.54, 1.807) is 16.2 Å². The molecule has 0 aromatic carbocycles. The van der Waals surface area contributed by atoms with Gasteiger partial charge in [-0.1, -0.05) is 0 Å². The summed E-state index contributed by atoms with van der Waals surface area (Å²) < 4.78 is 0. The monoisotopic (exact) mass is 252 g/mol. The molecule has 0 bridgehead atoms. The van der Waals surface area contributed by atoms with E-state index in [2.05, 4.69) is 5.32 Å². The summed E-state index contributed by atoms with van der Waals surface area (Å²) in [4.78, 5) is 26.4. The Kier molecular flexibility index (Phi) is 3.78. The van der Waals surface area contributed by atoms with Gasteiger partial charge in [0.15, 0.2) is 0 Å². The highest BCUT2D eigenvalue weighted by molar-refractivity contribution is 7.10. The Morgan fingerprint density at radius 2 is 2.35 bits per heavy atom. The minimum atomic E-state index is -0.0973. The third kappa shape index (κ3) is 2.66. The van der Waals surface area contributed by atoms with E-state index in [4.69, 9.17) is 0 Å². The lowest BCUT2D eigenvalue weighted by Gasteiger charge is -2.20. The van der Waals surface area contributed by atoms with Gasteiger partial charge in [-0.3, -0.25) is 9.59 Å². The van der Waals surface area contributed by atoms with E-state index in [0.717, 1.165) is 18.5 Å². The van der Waals surface area contributed by atoms with Crippen molar-refractivity contribution in [3.05, 3.63) is 16.3 Å². The van der Waals surface area contributed by atoms with Gasteiger partial charge in [-0.25, -0.2) is 0 Å². The largest absolute Gasteiger partial charge is 0.355 e. The van der Waals surface area contributed by atoms with Crippen LogP contribution in [-0.4, -0.2) is 24.9 Å². The number of fused-ring (bicyclic) bond motifs is 1. The van der Waals surface area contributed by atoms with E-state index in [1.165, 1.54) is 4.88 Å². The first-order valence-electron chi connectivity index (χ1n) is 5.85. The Balaban J connectivity index is 2.19. The van der Waals surface area contributed by atoms with Crippen LogP contribution < -0.4 is 10.2 Å². The maximum Gasteiger partial charge on any atom is 0.240 e. The van der Waals surface area contributed by atoms with Gasteiger partial charge in [-0.05, 0) is 31.2 Å². The number of carbonyl (C=O) groups is 2. The number of amides is 2. The van der Waals surface area contributed by atoms with E-state index in [0.29, 0.717) is 13.0 Å². The fraction of sp³-hybridized carbons (Fsp3) is 0.500. The summed E-state index contributed by atoms with van der Waals surface area (Å²) in [5.41, 5.74) is 0.920. The van der Waals surface area contributed by atoms with Crippen LogP contribution in [0.1, 0.15) is 24.6 Å². The summed E-state index contributed by atoms with van der Waals surface area (Å²) in [5.74, 6) is -0.0479. The van der Waals surface area contributed by atoms with Gasteiger partial charge in [0.2, 0.25) is 11.8 Å². The summed E-state index contributed by atoms with van der Waals surface area (Å²) >= 11 is 1.66. The molecular weight excluding hydrogens is 236 g/mol. The number of hydrogen-bond acceptors (Lipinski definition) is 3. The predicted octanol–water partition coefficient (Wildman–Crippen LogP) is 1.55. The number of anilines is 1. The molecule has 92 valence electrons. The van der Waals surface area contributed by atoms with E-state index in [9.17, 15) is 9.59 Å². The van der Waals surface area contributed by atoms with Crippen LogP contribution >= 0.6 is 11.3 Å². The van der Waals surface area contributed by atoms with Crippen LogP contribution in [0.5, 0.6) is 0 Å². The topological polar surface area (TPSA) is 49.4 Å². The Hall–Kier alpha value is -1.36. The van der Waals surface area contributed by atoms with Crippen LogP contribution in [0.2, 0.25) is 0 Å². The molecule has 1 aromatic heterocycles. The van der Waals surface area contributed by atoms with Crippen LogP contribution in [0.25, 0.3) is 0 Å². The lowest BCUT2D eigenvalue weighted by Crippen LogP contribution is -2.40. The molecule has 0 aliphatic carbocycles. The Morgan fingerprint density at radius 1 is 1.53 bits per heavy atom. The summed E-state index contributed by atoms with van der Waals surface area (Å²) in [6.07, 6.45) is 2.34. The zero-order chi connectivity index (χ0) is 12.3. The van der Waals surface area contributed by atoms with E-state index < -0.39 is 0 Å². The lowest BCUT2D eigenvalue weighted by atomic mass is 10.2. The predicted molar refractivity (Wildman–Crippen MR) is 68.3 cm³/mol. The van der Waals surface area contributed by atoms with Crippen LogP contribution in [0.3, 0.4) is 0 Å². The second kappa shape index (κ2) is 5.31. The molecule has 1 aliphatic rings. The quantitative estimate of drug-likeness (QED) is 0.887. The molecule has 4 nitrogen and oxygen atoms in total. The van der Waals surface area contributed by atoms with Crippen molar-refractivity contribution < 1.29 is 9.59 Å². The molecule has 0 saturated carbocycles. The number of nitrogens with zero attached hydrogens (tertiary/aromatic N) is 1. The van der Waals surface area contributed by atoms with Crippen molar-refractivity contribution in [2.45, 2.75) is 26.2 Å². The van der Waals surface area contributed by atoms with Gasteiger partial charge in [-0.2, -0.15) is 0 Å². The third-order valence-corrected chi connectivity index (χ3v) is 3.75. The molecule has 17 heavy (non-hydrogen) atoms. The second-order valence-corrected chi connectivity index (χ2v) is 5.02. The highest BCUT2D eigenvalue weighted by atomic mass is 32.1. The molecule has 1 aromatic rings. The second-order valence-electron chi connectivity index (χ2n) is 4.02. The Morgan fingerprint density at radius 3 is 3.12 bits per heavy atom. The van der Waals surface area contributed by atoms with Crippen molar-refractivity contribution in [2.24, 2.45) is 0 Å². The average molecular weight is 252 g/mol. The number of likely N-dealkylation sites (N-methyl/N-ethyl adjacent to an activating group) is 1. The van der Waals surface area contributed by atoms with Crippen LogP contribution in [0.4, 0.5) is 5.69 Å². The minimum Gasteiger partial charge on any atom is -0.355 e. The number of rotatable bonds is 3. The van der Waals surface area contributed by atoms with E-state index in [1.807, 2.05) is 18.4 Å². The molecule has 0 unspecified atom stereocenters. The third-order valence-electron chi connectivity index (χ3n) is 2.78. The summed E-state index contributed by atoms with van der Waals surface area (Å²) in [6.45, 7) is 2.60. The number of hydrogen-bond donors (Lipinski definition) is 1. The normalized spacial score (nSPS) is 15.4. The highest BCUT2D eigenvalue weighted by Crippen LogP contribution is 2.31. The number of carbonyl (C=O) groups excluding carboxylic acids is 2. The van der Waals surface area contributed by atoms with Crippen molar-refractivity contribution in [3.63, 3.8) is 0 Å². The SMILES string of the molecule is CCNC(=O)CN1C(=O)CCCc2sccc21. The van der Waals surface area contributed by atoms with Gasteiger partial charge in [0.1, 0.15) is 6.54 Å². The van der Waals surface area contributed by atoms with Crippen molar-refractivity contribution in [1.29, 1.82) is 0 Å². The molecule has 1 N–H and O–H groups in total. The average Bonchev–Trinajstić information content (AvgIpc) is 2.69. The molecule has 0 radical (unpaired) electrons. The van der Waals surface area contributed by atoms with Crippen LogP contribution in [0, 0.1) is 0 Å². The number of aryl methyl sites for hydroxylation is 1. The zero-order valence-corrected chi connectivity index (χ0v) is 10.7. The maximum atomic E-state index is 12.0. The minimum absolute atomic E-state index is 0.0494. The standard InChI is InChI=1S/C12H16N2O2S/c1-2-13-11(15)8-14-9-6-7-17-10(9)4-3-5-12(14)16/h6-7H,2-5,8H2,1H3,(H,13,15). The van der Waals surface area contributed by atoms with Crippen LogP contribution in [-0.2, 0) is 16.0 Å².